The molecule has 2 aromatic carbocycles. The van der Waals surface area contributed by atoms with Crippen molar-refractivity contribution >= 4 is 39.2 Å². The van der Waals surface area contributed by atoms with Gasteiger partial charge in [-0.1, -0.05) is 54.6 Å². The van der Waals surface area contributed by atoms with Crippen molar-refractivity contribution in [1.29, 1.82) is 5.41 Å². The van der Waals surface area contributed by atoms with E-state index in [2.05, 4.69) is 60.5 Å². The number of nitrogens with one attached hydrogen (secondary N) is 1. The third kappa shape index (κ3) is 3.79. The molecule has 4 nitrogen and oxygen atoms in total. The molecule has 0 amide bonds. The van der Waals surface area contributed by atoms with E-state index in [1.807, 2.05) is 31.2 Å². The van der Waals surface area contributed by atoms with Crippen LogP contribution in [0.2, 0.25) is 0 Å². The molecule has 4 aromatic rings. The van der Waals surface area contributed by atoms with E-state index in [9.17, 15) is 0 Å². The highest BCUT2D eigenvalue weighted by Gasteiger charge is 2.15. The zero-order valence-corrected chi connectivity index (χ0v) is 18.3. The molecule has 4 heteroatoms. The van der Waals surface area contributed by atoms with Crippen LogP contribution in [0.3, 0.4) is 0 Å². The van der Waals surface area contributed by atoms with Gasteiger partial charge in [0.1, 0.15) is 5.82 Å². The molecule has 3 N–H and O–H groups in total. The molecule has 0 fully saturated rings. The van der Waals surface area contributed by atoms with Crippen molar-refractivity contribution in [1.82, 2.24) is 9.55 Å². The average Bonchev–Trinajstić information content (AvgIpc) is 3.14. The first-order chi connectivity index (χ1) is 15.6. The highest BCUT2D eigenvalue weighted by atomic mass is 15.1. The summed E-state index contributed by atoms with van der Waals surface area (Å²) in [5, 5.41) is 10.3. The van der Waals surface area contributed by atoms with Crippen LogP contribution < -0.4 is 5.73 Å². The van der Waals surface area contributed by atoms with Crippen molar-refractivity contribution in [3.8, 4) is 5.82 Å². The number of para-hydroxylation sites is 1. The second kappa shape index (κ2) is 8.90. The Hall–Kier alpha value is -4.18. The average molecular weight is 419 g/mol. The number of hydrogen-bond acceptors (Lipinski definition) is 3. The Bertz CT molecular complexity index is 1430. The SMILES string of the molecule is C=C/C=C(\C=N)c1cc(/C(C)=C/C=C\N)cc(-n2c3ccccc3c3cc(C)ccc32)n1. The van der Waals surface area contributed by atoms with Gasteiger partial charge >= 0.3 is 0 Å². The van der Waals surface area contributed by atoms with Gasteiger partial charge in [0.05, 0.1) is 16.7 Å². The van der Waals surface area contributed by atoms with Crippen molar-refractivity contribution in [2.75, 3.05) is 0 Å². The number of aromatic nitrogens is 2. The van der Waals surface area contributed by atoms with Gasteiger partial charge in [0.15, 0.2) is 0 Å². The lowest BCUT2D eigenvalue weighted by Crippen LogP contribution is -2.03. The lowest BCUT2D eigenvalue weighted by Gasteiger charge is -2.13. The molecule has 0 atom stereocenters. The van der Waals surface area contributed by atoms with Gasteiger partial charge in [-0.25, -0.2) is 4.98 Å². The summed E-state index contributed by atoms with van der Waals surface area (Å²) in [5.41, 5.74) is 12.4. The highest BCUT2D eigenvalue weighted by Crippen LogP contribution is 2.33. The van der Waals surface area contributed by atoms with Gasteiger partial charge in [-0.3, -0.25) is 4.57 Å². The summed E-state index contributed by atoms with van der Waals surface area (Å²) < 4.78 is 2.19. The molecular weight excluding hydrogens is 392 g/mol. The molecule has 0 saturated carbocycles. The fourth-order valence-electron chi connectivity index (χ4n) is 3.97. The number of rotatable bonds is 6. The number of nitrogens with two attached hydrogens (primary N) is 1. The molecule has 0 radical (unpaired) electrons. The second-order valence-corrected chi connectivity index (χ2v) is 7.71. The molecule has 0 aliphatic carbocycles. The van der Waals surface area contributed by atoms with E-state index >= 15 is 0 Å². The monoisotopic (exact) mass is 418 g/mol. The van der Waals surface area contributed by atoms with Crippen LogP contribution in [-0.2, 0) is 0 Å². The molecule has 0 aliphatic heterocycles. The number of aryl methyl sites for hydroxylation is 1. The Balaban J connectivity index is 2.09. The predicted octanol–water partition coefficient (Wildman–Crippen LogP) is 6.58. The lowest BCUT2D eigenvalue weighted by molar-refractivity contribution is 1.07. The number of hydrogen-bond donors (Lipinski definition) is 2. The molecule has 0 aliphatic rings. The molecule has 0 spiro atoms. The number of benzene rings is 2. The quantitative estimate of drug-likeness (QED) is 0.274. The van der Waals surface area contributed by atoms with Crippen LogP contribution >= 0.6 is 0 Å². The van der Waals surface area contributed by atoms with Crippen LogP contribution in [0.5, 0.6) is 0 Å². The predicted molar refractivity (Wildman–Crippen MR) is 137 cm³/mol. The first-order valence-electron chi connectivity index (χ1n) is 10.5. The molecule has 2 heterocycles. The van der Waals surface area contributed by atoms with Gasteiger partial charge < -0.3 is 11.1 Å². The minimum absolute atomic E-state index is 0.696. The molecule has 0 bridgehead atoms. The molecule has 0 unspecified atom stereocenters. The van der Waals surface area contributed by atoms with Crippen molar-refractivity contribution in [2.24, 2.45) is 5.73 Å². The smallest absolute Gasteiger partial charge is 0.138 e. The Labute approximate surface area is 188 Å². The summed E-state index contributed by atoms with van der Waals surface area (Å²) in [7, 11) is 0. The maximum Gasteiger partial charge on any atom is 0.138 e. The summed E-state index contributed by atoms with van der Waals surface area (Å²) in [4.78, 5) is 4.98. The third-order valence-electron chi connectivity index (χ3n) is 5.53. The van der Waals surface area contributed by atoms with Gasteiger partial charge in [0.25, 0.3) is 0 Å². The molecule has 2 aromatic heterocycles. The van der Waals surface area contributed by atoms with Crippen LogP contribution in [0.1, 0.15) is 23.7 Å². The van der Waals surface area contributed by atoms with E-state index < -0.39 is 0 Å². The maximum absolute atomic E-state index is 7.89. The topological polar surface area (TPSA) is 67.7 Å². The Morgan fingerprint density at radius 3 is 2.56 bits per heavy atom. The fourth-order valence-corrected chi connectivity index (χ4v) is 3.97. The number of nitrogens with zero attached hydrogens (tertiary/aromatic N) is 2. The van der Waals surface area contributed by atoms with Crippen molar-refractivity contribution in [2.45, 2.75) is 13.8 Å². The summed E-state index contributed by atoms with van der Waals surface area (Å²) in [6.45, 7) is 7.94. The standard InChI is InChI=1S/C28H26N4/c1-4-8-21(18-30)25-16-22(20(3)9-7-14-29)17-28(31-25)32-26-11-6-5-10-23(26)24-15-19(2)12-13-27(24)32/h4-18,30H,1,29H2,2-3H3/b14-7-,20-9+,21-8+,30-18?. The van der Waals surface area contributed by atoms with Gasteiger partial charge in [-0.2, -0.15) is 0 Å². The molecule has 4 rings (SSSR count). The van der Waals surface area contributed by atoms with Crippen molar-refractivity contribution in [3.05, 3.63) is 109 Å². The molecule has 0 saturated heterocycles. The first-order valence-corrected chi connectivity index (χ1v) is 10.5. The van der Waals surface area contributed by atoms with E-state index in [0.29, 0.717) is 5.57 Å². The normalized spacial score (nSPS) is 12.7. The van der Waals surface area contributed by atoms with Gasteiger partial charge in [-0.05, 0) is 67.6 Å². The number of allylic oxidation sites excluding steroid dienone is 6. The zero-order valence-electron chi connectivity index (χ0n) is 18.3. The first kappa shape index (κ1) is 21.1. The van der Waals surface area contributed by atoms with E-state index in [0.717, 1.165) is 33.7 Å². The minimum Gasteiger partial charge on any atom is -0.405 e. The summed E-state index contributed by atoms with van der Waals surface area (Å²) >= 11 is 0. The number of pyridine rings is 1. The van der Waals surface area contributed by atoms with Gasteiger partial charge in [0.2, 0.25) is 0 Å². The number of fused-ring (bicyclic) bond motifs is 3. The summed E-state index contributed by atoms with van der Waals surface area (Å²) in [5.74, 6) is 0.800. The van der Waals surface area contributed by atoms with Crippen LogP contribution in [0.25, 0.3) is 38.8 Å². The Kier molecular flexibility index (Phi) is 5.86. The largest absolute Gasteiger partial charge is 0.405 e. The van der Waals surface area contributed by atoms with E-state index in [1.165, 1.54) is 28.8 Å². The van der Waals surface area contributed by atoms with E-state index in [4.69, 9.17) is 16.1 Å². The van der Waals surface area contributed by atoms with Crippen molar-refractivity contribution < 1.29 is 0 Å². The van der Waals surface area contributed by atoms with Crippen LogP contribution in [-0.4, -0.2) is 15.8 Å². The minimum atomic E-state index is 0.696. The van der Waals surface area contributed by atoms with Gasteiger partial charge in [0, 0.05) is 22.6 Å². The Morgan fingerprint density at radius 2 is 1.81 bits per heavy atom. The van der Waals surface area contributed by atoms with E-state index in [-0.39, 0.29) is 0 Å². The Morgan fingerprint density at radius 1 is 1.03 bits per heavy atom. The van der Waals surface area contributed by atoms with Crippen LogP contribution in [0.15, 0.2) is 91.7 Å². The van der Waals surface area contributed by atoms with E-state index in [1.54, 1.807) is 12.2 Å². The van der Waals surface area contributed by atoms with Gasteiger partial charge in [-0.15, -0.1) is 0 Å². The van der Waals surface area contributed by atoms with Crippen LogP contribution in [0.4, 0.5) is 0 Å². The zero-order chi connectivity index (χ0) is 22.7. The second-order valence-electron chi connectivity index (χ2n) is 7.71. The van der Waals surface area contributed by atoms with Crippen molar-refractivity contribution in [3.63, 3.8) is 0 Å². The van der Waals surface area contributed by atoms with Crippen LogP contribution in [0, 0.1) is 12.3 Å². The fraction of sp³-hybridized carbons (Fsp3) is 0.0714. The highest BCUT2D eigenvalue weighted by molar-refractivity contribution is 6.10. The molecule has 32 heavy (non-hydrogen) atoms. The summed E-state index contributed by atoms with van der Waals surface area (Å²) in [6, 6.07) is 19.0. The lowest BCUT2D eigenvalue weighted by atomic mass is 10.0. The molecule has 158 valence electrons. The third-order valence-corrected chi connectivity index (χ3v) is 5.53. The molecular formula is C28H26N4. The maximum atomic E-state index is 7.89. The summed E-state index contributed by atoms with van der Waals surface area (Å²) in [6.07, 6.45) is 10.1.